The highest BCUT2D eigenvalue weighted by atomic mass is 16.6. The number of rotatable bonds is 9. The molecule has 0 unspecified atom stereocenters. The number of ether oxygens (including phenoxy) is 2. The molecule has 1 amide bonds. The molecule has 3 aromatic carbocycles. The molecule has 1 aliphatic heterocycles. The van der Waals surface area contributed by atoms with Crippen molar-refractivity contribution in [1.82, 2.24) is 14.5 Å². The first-order valence-electron chi connectivity index (χ1n) is 13.2. The second-order valence-electron chi connectivity index (χ2n) is 9.72. The van der Waals surface area contributed by atoms with Crippen molar-refractivity contribution in [3.63, 3.8) is 0 Å². The lowest BCUT2D eigenvalue weighted by Crippen LogP contribution is -2.53. The highest BCUT2D eigenvalue weighted by molar-refractivity contribution is 5.81. The third kappa shape index (κ3) is 6.59. The molecule has 2 heterocycles. The van der Waals surface area contributed by atoms with Gasteiger partial charge in [-0.1, -0.05) is 72.8 Å². The predicted molar refractivity (Wildman–Crippen MR) is 147 cm³/mol. The zero-order valence-corrected chi connectivity index (χ0v) is 21.6. The number of hydrogen-bond donors (Lipinski definition) is 0. The van der Waals surface area contributed by atoms with E-state index in [-0.39, 0.29) is 37.0 Å². The van der Waals surface area contributed by atoms with Crippen LogP contribution in [0, 0.1) is 0 Å². The maximum absolute atomic E-state index is 13.3. The van der Waals surface area contributed by atoms with Gasteiger partial charge in [-0.2, -0.15) is 0 Å². The lowest BCUT2D eigenvalue weighted by atomic mass is 9.94. The summed E-state index contributed by atoms with van der Waals surface area (Å²) in [5, 5.41) is 0.459. The van der Waals surface area contributed by atoms with Crippen LogP contribution in [0.5, 0.6) is 0 Å². The number of carbonyl (C=O) groups excluding carboxylic acids is 2. The van der Waals surface area contributed by atoms with Gasteiger partial charge in [-0.25, -0.2) is 9.78 Å². The van der Waals surface area contributed by atoms with Crippen LogP contribution in [-0.4, -0.2) is 45.0 Å². The van der Waals surface area contributed by atoms with E-state index in [0.717, 1.165) is 17.5 Å². The summed E-state index contributed by atoms with van der Waals surface area (Å²) in [6, 6.07) is 25.8. The van der Waals surface area contributed by atoms with Crippen molar-refractivity contribution in [3.05, 3.63) is 113 Å². The summed E-state index contributed by atoms with van der Waals surface area (Å²) in [5.74, 6) is -0.185. The van der Waals surface area contributed by atoms with Crippen LogP contribution in [0.2, 0.25) is 0 Å². The molecule has 1 saturated heterocycles. The van der Waals surface area contributed by atoms with Crippen LogP contribution >= 0.6 is 0 Å². The number of Topliss-reactive ketones (excluding diaryl/α,β-unsaturated/α-hetero) is 1. The number of aromatic nitrogens is 2. The quantitative estimate of drug-likeness (QED) is 0.314. The summed E-state index contributed by atoms with van der Waals surface area (Å²) in [4.78, 5) is 45.4. The van der Waals surface area contributed by atoms with Crippen LogP contribution in [-0.2, 0) is 34.0 Å². The van der Waals surface area contributed by atoms with Crippen LogP contribution in [0.1, 0.15) is 30.4 Å². The molecule has 2 atom stereocenters. The van der Waals surface area contributed by atoms with Crippen molar-refractivity contribution >= 4 is 22.8 Å². The minimum Gasteiger partial charge on any atom is -0.445 e. The number of fused-ring (bicyclic) bond motifs is 1. The Bertz CT molecular complexity index is 1470. The number of hydrogen-bond acceptors (Lipinski definition) is 6. The SMILES string of the molecule is O=C(C[C@H]1[C@@H](OCc2ccccc2)CCCN1C(=O)OCc1ccccc1)Cn1cnc2ccccc2c1=O. The van der Waals surface area contributed by atoms with Gasteiger partial charge >= 0.3 is 6.09 Å². The monoisotopic (exact) mass is 525 g/mol. The van der Waals surface area contributed by atoms with E-state index >= 15 is 0 Å². The van der Waals surface area contributed by atoms with Crippen LogP contribution in [0.3, 0.4) is 0 Å². The lowest BCUT2D eigenvalue weighted by Gasteiger charge is -2.40. The number of piperidine rings is 1. The molecule has 5 rings (SSSR count). The summed E-state index contributed by atoms with van der Waals surface area (Å²) in [5.41, 5.74) is 2.21. The van der Waals surface area contributed by atoms with Crippen molar-refractivity contribution in [3.8, 4) is 0 Å². The van der Waals surface area contributed by atoms with E-state index in [9.17, 15) is 14.4 Å². The molecule has 0 saturated carbocycles. The molecule has 8 heteroatoms. The van der Waals surface area contributed by atoms with E-state index < -0.39 is 12.1 Å². The van der Waals surface area contributed by atoms with Crippen LogP contribution in [0.15, 0.2) is 96.1 Å². The van der Waals surface area contributed by atoms with Crippen molar-refractivity contribution < 1.29 is 19.1 Å². The fourth-order valence-electron chi connectivity index (χ4n) is 4.97. The van der Waals surface area contributed by atoms with Gasteiger partial charge < -0.3 is 14.4 Å². The van der Waals surface area contributed by atoms with Crippen molar-refractivity contribution in [2.75, 3.05) is 6.54 Å². The van der Waals surface area contributed by atoms with Gasteiger partial charge in [0.25, 0.3) is 5.56 Å². The summed E-state index contributed by atoms with van der Waals surface area (Å²) < 4.78 is 13.2. The van der Waals surface area contributed by atoms with Gasteiger partial charge in [0.2, 0.25) is 0 Å². The Morgan fingerprint density at radius 3 is 2.28 bits per heavy atom. The van der Waals surface area contributed by atoms with E-state index in [2.05, 4.69) is 4.98 Å². The molecule has 200 valence electrons. The molecular weight excluding hydrogens is 494 g/mol. The van der Waals surface area contributed by atoms with Crippen LogP contribution < -0.4 is 5.56 Å². The lowest BCUT2D eigenvalue weighted by molar-refractivity contribution is -0.123. The predicted octanol–water partition coefficient (Wildman–Crippen LogP) is 4.74. The fourth-order valence-corrected chi connectivity index (χ4v) is 4.97. The molecule has 39 heavy (non-hydrogen) atoms. The average molecular weight is 526 g/mol. The van der Waals surface area contributed by atoms with Crippen LogP contribution in [0.25, 0.3) is 10.9 Å². The molecular formula is C31H31N3O5. The van der Waals surface area contributed by atoms with Crippen molar-refractivity contribution in [2.24, 2.45) is 0 Å². The average Bonchev–Trinajstić information content (AvgIpc) is 2.98. The van der Waals surface area contributed by atoms with Crippen molar-refractivity contribution in [2.45, 2.75) is 51.2 Å². The Morgan fingerprint density at radius 2 is 1.54 bits per heavy atom. The molecule has 0 N–H and O–H groups in total. The third-order valence-corrected chi connectivity index (χ3v) is 6.98. The first kappa shape index (κ1) is 26.3. The van der Waals surface area contributed by atoms with Gasteiger partial charge in [0.1, 0.15) is 6.61 Å². The highest BCUT2D eigenvalue weighted by Crippen LogP contribution is 2.26. The van der Waals surface area contributed by atoms with E-state index in [1.165, 1.54) is 10.9 Å². The number of carbonyl (C=O) groups is 2. The summed E-state index contributed by atoms with van der Waals surface area (Å²) in [6.45, 7) is 0.849. The Labute approximate surface area is 226 Å². The molecule has 1 fully saturated rings. The second-order valence-corrected chi connectivity index (χ2v) is 9.72. The summed E-state index contributed by atoms with van der Waals surface area (Å²) in [6.07, 6.45) is 2.06. The third-order valence-electron chi connectivity index (χ3n) is 6.98. The maximum atomic E-state index is 13.3. The van der Waals surface area contributed by atoms with E-state index in [4.69, 9.17) is 9.47 Å². The fraction of sp³-hybridized carbons (Fsp3) is 0.290. The van der Waals surface area contributed by atoms with Gasteiger partial charge in [-0.3, -0.25) is 14.2 Å². The normalized spacial score (nSPS) is 17.2. The summed E-state index contributed by atoms with van der Waals surface area (Å²) in [7, 11) is 0. The van der Waals surface area contributed by atoms with Gasteiger partial charge in [-0.15, -0.1) is 0 Å². The molecule has 8 nitrogen and oxygen atoms in total. The molecule has 0 radical (unpaired) electrons. The van der Waals surface area contributed by atoms with Crippen LogP contribution in [0.4, 0.5) is 4.79 Å². The van der Waals surface area contributed by atoms with E-state index in [1.54, 1.807) is 23.1 Å². The molecule has 0 aliphatic carbocycles. The molecule has 0 bridgehead atoms. The Hall–Kier alpha value is -4.30. The molecule has 4 aromatic rings. The Morgan fingerprint density at radius 1 is 0.872 bits per heavy atom. The number of likely N-dealkylation sites (tertiary alicyclic amines) is 1. The summed E-state index contributed by atoms with van der Waals surface area (Å²) >= 11 is 0. The largest absolute Gasteiger partial charge is 0.445 e. The number of benzene rings is 3. The van der Waals surface area contributed by atoms with E-state index in [1.807, 2.05) is 66.7 Å². The maximum Gasteiger partial charge on any atom is 0.410 e. The number of ketones is 1. The first-order chi connectivity index (χ1) is 19.1. The number of amides is 1. The zero-order chi connectivity index (χ0) is 27.0. The molecule has 1 aliphatic rings. The van der Waals surface area contributed by atoms with Gasteiger partial charge in [-0.05, 0) is 36.1 Å². The van der Waals surface area contributed by atoms with Gasteiger partial charge in [0.15, 0.2) is 5.78 Å². The minimum atomic E-state index is -0.512. The Balaban J connectivity index is 1.32. The van der Waals surface area contributed by atoms with E-state index in [0.29, 0.717) is 30.5 Å². The topological polar surface area (TPSA) is 90.7 Å². The molecule has 1 aromatic heterocycles. The second kappa shape index (κ2) is 12.5. The Kier molecular flexibility index (Phi) is 8.43. The number of nitrogens with zero attached hydrogens (tertiary/aromatic N) is 3. The smallest absolute Gasteiger partial charge is 0.410 e. The molecule has 0 spiro atoms. The number of para-hydroxylation sites is 1. The standard InChI is InChI=1S/C31H31N3O5/c35-25(19-33-22-32-27-15-8-7-14-26(27)30(33)36)18-28-29(38-20-23-10-3-1-4-11-23)16-9-17-34(28)31(37)39-21-24-12-5-2-6-13-24/h1-8,10-15,22,28-29H,9,16-21H2/t28-,29-/m0/s1. The minimum absolute atomic E-state index is 0.0408. The first-order valence-corrected chi connectivity index (χ1v) is 13.2. The zero-order valence-electron chi connectivity index (χ0n) is 21.6. The van der Waals surface area contributed by atoms with Gasteiger partial charge in [0.05, 0.1) is 42.5 Å². The van der Waals surface area contributed by atoms with Crippen molar-refractivity contribution in [1.29, 1.82) is 0 Å². The highest BCUT2D eigenvalue weighted by Gasteiger charge is 2.37. The van der Waals surface area contributed by atoms with Gasteiger partial charge in [0, 0.05) is 13.0 Å².